The molecule has 6 heteroatoms. The van der Waals surface area contributed by atoms with Crippen LogP contribution in [-0.4, -0.2) is 38.3 Å². The number of sulfonamides is 1. The Bertz CT molecular complexity index is 1210. The molecule has 3 aromatic carbocycles. The molecule has 0 spiro atoms. The van der Waals surface area contributed by atoms with E-state index in [9.17, 15) is 8.42 Å². The fourth-order valence-corrected chi connectivity index (χ4v) is 5.44. The lowest BCUT2D eigenvalue weighted by atomic mass is 10.0. The first-order valence-electron chi connectivity index (χ1n) is 10.8. The quantitative estimate of drug-likeness (QED) is 0.468. The zero-order valence-corrected chi connectivity index (χ0v) is 18.9. The summed E-state index contributed by atoms with van der Waals surface area (Å²) in [6, 6.07) is 19.4. The van der Waals surface area contributed by atoms with Crippen LogP contribution in [0, 0.1) is 6.92 Å². The van der Waals surface area contributed by atoms with Crippen LogP contribution in [0.2, 0.25) is 0 Å². The van der Waals surface area contributed by atoms with Crippen LogP contribution in [0.4, 0.5) is 0 Å². The monoisotopic (exact) mass is 436 g/mol. The Morgan fingerprint density at radius 3 is 2.68 bits per heavy atom. The van der Waals surface area contributed by atoms with E-state index in [1.165, 1.54) is 4.31 Å². The summed E-state index contributed by atoms with van der Waals surface area (Å²) in [6.07, 6.45) is 2.51. The smallest absolute Gasteiger partial charge is 0.265 e. The lowest BCUT2D eigenvalue weighted by molar-refractivity contribution is 0.307. The Labute approximate surface area is 184 Å². The third-order valence-electron chi connectivity index (χ3n) is 5.60. The van der Waals surface area contributed by atoms with Gasteiger partial charge in [-0.05, 0) is 53.4 Å². The molecular weight excluding hydrogens is 408 g/mol. The van der Waals surface area contributed by atoms with Crippen molar-refractivity contribution < 1.29 is 13.2 Å². The van der Waals surface area contributed by atoms with Crippen LogP contribution in [0.25, 0.3) is 10.8 Å². The number of benzene rings is 3. The van der Waals surface area contributed by atoms with Crippen molar-refractivity contribution in [2.24, 2.45) is 4.99 Å². The highest BCUT2D eigenvalue weighted by Crippen LogP contribution is 2.27. The van der Waals surface area contributed by atoms with Gasteiger partial charge in [0, 0.05) is 6.42 Å². The third-order valence-corrected chi connectivity index (χ3v) is 7.43. The molecule has 0 amide bonds. The van der Waals surface area contributed by atoms with Crippen LogP contribution in [0.15, 0.2) is 70.6 Å². The minimum atomic E-state index is -3.68. The molecule has 0 fully saturated rings. The molecule has 0 aromatic heterocycles. The second-order valence-corrected chi connectivity index (χ2v) is 9.68. The van der Waals surface area contributed by atoms with Gasteiger partial charge in [0.15, 0.2) is 0 Å². The number of hydrogen-bond donors (Lipinski definition) is 0. The molecule has 1 heterocycles. The number of aryl methyl sites for hydroxylation is 1. The van der Waals surface area contributed by atoms with Crippen molar-refractivity contribution in [3.05, 3.63) is 71.8 Å². The number of fused-ring (bicyclic) bond motifs is 1. The Morgan fingerprint density at radius 2 is 1.87 bits per heavy atom. The Balaban J connectivity index is 1.58. The molecule has 5 nitrogen and oxygen atoms in total. The van der Waals surface area contributed by atoms with Gasteiger partial charge in [-0.3, -0.25) is 9.30 Å². The Morgan fingerprint density at radius 1 is 1.06 bits per heavy atom. The van der Waals surface area contributed by atoms with Crippen molar-refractivity contribution in [1.82, 2.24) is 4.31 Å². The van der Waals surface area contributed by atoms with E-state index in [0.29, 0.717) is 32.0 Å². The number of ether oxygens (including phenoxy) is 1. The fourth-order valence-electron chi connectivity index (χ4n) is 3.90. The van der Waals surface area contributed by atoms with Gasteiger partial charge < -0.3 is 4.74 Å². The average Bonchev–Trinajstić information content (AvgIpc) is 3.24. The Hall–Kier alpha value is -2.86. The van der Waals surface area contributed by atoms with Crippen LogP contribution in [0.3, 0.4) is 0 Å². The molecule has 0 radical (unpaired) electrons. The molecule has 0 aliphatic carbocycles. The van der Waals surface area contributed by atoms with Crippen molar-refractivity contribution in [3.8, 4) is 5.75 Å². The molecule has 3 aromatic rings. The molecule has 162 valence electrons. The summed E-state index contributed by atoms with van der Waals surface area (Å²) < 4.78 is 34.1. The van der Waals surface area contributed by atoms with Crippen molar-refractivity contribution in [2.75, 3.05) is 19.7 Å². The zero-order chi connectivity index (χ0) is 21.8. The molecule has 1 aliphatic heterocycles. The van der Waals surface area contributed by atoms with Crippen molar-refractivity contribution in [1.29, 1.82) is 0 Å². The molecule has 0 saturated carbocycles. The first-order chi connectivity index (χ1) is 15.0. The molecular formula is C25H28N2O3S. The van der Waals surface area contributed by atoms with E-state index >= 15 is 0 Å². The normalized spacial score (nSPS) is 14.1. The van der Waals surface area contributed by atoms with E-state index in [1.54, 1.807) is 18.2 Å². The molecule has 0 atom stereocenters. The first kappa shape index (κ1) is 21.4. The first-order valence-corrected chi connectivity index (χ1v) is 12.2. The van der Waals surface area contributed by atoms with Crippen molar-refractivity contribution in [3.63, 3.8) is 0 Å². The second-order valence-electron chi connectivity index (χ2n) is 7.82. The van der Waals surface area contributed by atoms with Crippen LogP contribution < -0.4 is 4.74 Å². The molecule has 0 saturated heterocycles. The van der Waals surface area contributed by atoms with Gasteiger partial charge in [-0.25, -0.2) is 8.42 Å². The summed E-state index contributed by atoms with van der Waals surface area (Å²) in [5.74, 6) is 1.33. The Kier molecular flexibility index (Phi) is 6.28. The zero-order valence-electron chi connectivity index (χ0n) is 18.0. The van der Waals surface area contributed by atoms with E-state index in [4.69, 9.17) is 4.74 Å². The lowest BCUT2D eigenvalue weighted by Crippen LogP contribution is -2.35. The molecule has 31 heavy (non-hydrogen) atoms. The van der Waals surface area contributed by atoms with Gasteiger partial charge in [-0.15, -0.1) is 0 Å². The summed E-state index contributed by atoms with van der Waals surface area (Å²) in [5.41, 5.74) is 1.90. The lowest BCUT2D eigenvalue weighted by Gasteiger charge is -2.21. The van der Waals surface area contributed by atoms with Gasteiger partial charge in [0.2, 0.25) is 0 Å². The second kappa shape index (κ2) is 9.10. The van der Waals surface area contributed by atoms with Gasteiger partial charge in [0.05, 0.1) is 24.6 Å². The average molecular weight is 437 g/mol. The van der Waals surface area contributed by atoms with E-state index in [-0.39, 0.29) is 4.90 Å². The number of hydrogen-bond acceptors (Lipinski definition) is 4. The summed E-state index contributed by atoms with van der Waals surface area (Å²) in [4.78, 5) is 4.82. The number of nitrogens with zero attached hydrogens (tertiary/aromatic N) is 2. The topological polar surface area (TPSA) is 59.0 Å². The maximum Gasteiger partial charge on any atom is 0.265 e. The van der Waals surface area contributed by atoms with Gasteiger partial charge in [0.25, 0.3) is 10.0 Å². The minimum absolute atomic E-state index is 0.278. The third kappa shape index (κ3) is 4.44. The van der Waals surface area contributed by atoms with Crippen molar-refractivity contribution >= 4 is 26.6 Å². The number of aliphatic imine (C=N–C) groups is 1. The summed E-state index contributed by atoms with van der Waals surface area (Å²) >= 11 is 0. The van der Waals surface area contributed by atoms with E-state index in [2.05, 4.69) is 30.1 Å². The predicted molar refractivity (Wildman–Crippen MR) is 125 cm³/mol. The molecule has 1 aliphatic rings. The van der Waals surface area contributed by atoms with E-state index in [0.717, 1.165) is 40.5 Å². The number of amidine groups is 1. The summed E-state index contributed by atoms with van der Waals surface area (Å²) in [5, 5.41) is 2.27. The SMILES string of the molecule is CCCCOc1ccc(S(=O)(=O)N2CCN=C2Cc2cccc3ccccc23)cc1C. The molecule has 0 bridgehead atoms. The van der Waals surface area contributed by atoms with Crippen LogP contribution in [0.5, 0.6) is 5.75 Å². The predicted octanol–water partition coefficient (Wildman–Crippen LogP) is 4.97. The van der Waals surface area contributed by atoms with Crippen LogP contribution in [0.1, 0.15) is 30.9 Å². The largest absolute Gasteiger partial charge is 0.493 e. The highest BCUT2D eigenvalue weighted by Gasteiger charge is 2.31. The number of rotatable bonds is 8. The maximum atomic E-state index is 13.4. The van der Waals surface area contributed by atoms with Gasteiger partial charge in [-0.2, -0.15) is 0 Å². The highest BCUT2D eigenvalue weighted by atomic mass is 32.2. The maximum absolute atomic E-state index is 13.4. The van der Waals surface area contributed by atoms with Gasteiger partial charge >= 0.3 is 0 Å². The van der Waals surface area contributed by atoms with E-state index < -0.39 is 10.0 Å². The molecule has 4 rings (SSSR count). The van der Waals surface area contributed by atoms with Gasteiger partial charge in [-0.1, -0.05) is 55.8 Å². The minimum Gasteiger partial charge on any atom is -0.493 e. The van der Waals surface area contributed by atoms with Crippen LogP contribution in [-0.2, 0) is 16.4 Å². The standard InChI is InChI=1S/C25H28N2O3S/c1-3-4-16-30-24-13-12-22(17-19(24)2)31(28,29)27-15-14-26-25(27)18-21-10-7-9-20-8-5-6-11-23(20)21/h5-13,17H,3-4,14-16,18H2,1-2H3. The highest BCUT2D eigenvalue weighted by molar-refractivity contribution is 7.89. The van der Waals surface area contributed by atoms with Crippen LogP contribution >= 0.6 is 0 Å². The fraction of sp³-hybridized carbons (Fsp3) is 0.320. The molecule has 0 unspecified atom stereocenters. The molecule has 0 N–H and O–H groups in total. The van der Waals surface area contributed by atoms with Gasteiger partial charge in [0.1, 0.15) is 11.6 Å². The van der Waals surface area contributed by atoms with Crippen molar-refractivity contribution in [2.45, 2.75) is 38.0 Å². The number of unbranched alkanes of at least 4 members (excludes halogenated alkanes) is 1. The summed E-state index contributed by atoms with van der Waals surface area (Å²) in [7, 11) is -3.68. The summed E-state index contributed by atoms with van der Waals surface area (Å²) in [6.45, 7) is 5.48. The van der Waals surface area contributed by atoms with E-state index in [1.807, 2.05) is 31.2 Å².